The highest BCUT2D eigenvalue weighted by atomic mass is 32.1. The van der Waals surface area contributed by atoms with E-state index in [0.29, 0.717) is 0 Å². The van der Waals surface area contributed by atoms with Gasteiger partial charge in [0.2, 0.25) is 0 Å². The first-order valence-electron chi connectivity index (χ1n) is 6.45. The van der Waals surface area contributed by atoms with E-state index >= 15 is 0 Å². The molecule has 5 nitrogen and oxygen atoms in total. The van der Waals surface area contributed by atoms with Gasteiger partial charge in [0.1, 0.15) is 0 Å². The molecule has 0 aliphatic rings. The van der Waals surface area contributed by atoms with Crippen LogP contribution in [0.5, 0.6) is 0 Å². The number of H-pyrrole nitrogens is 1. The number of thiazole rings is 1. The number of hydrogen-bond donors (Lipinski definition) is 2. The van der Waals surface area contributed by atoms with Crippen LogP contribution in [0.25, 0.3) is 22.2 Å². The molecule has 0 aliphatic heterocycles. The number of benzene rings is 1. The standard InChI is InChI=1S/C15H11N5S/c1-2-12(11-8-17-20-13(11)3-1)18-15-19-14(9-21-15)10-4-6-16-7-5-10/h1-9H,(H,17,20)(H,18,19). The fourth-order valence-corrected chi connectivity index (χ4v) is 2.91. The number of nitrogens with zero attached hydrogens (tertiary/aromatic N) is 3. The van der Waals surface area contributed by atoms with E-state index < -0.39 is 0 Å². The second kappa shape index (κ2) is 4.99. The van der Waals surface area contributed by atoms with Gasteiger partial charge >= 0.3 is 0 Å². The van der Waals surface area contributed by atoms with Crippen molar-refractivity contribution in [1.29, 1.82) is 0 Å². The van der Waals surface area contributed by atoms with Crippen molar-refractivity contribution in [2.24, 2.45) is 0 Å². The third kappa shape index (κ3) is 2.25. The summed E-state index contributed by atoms with van der Waals surface area (Å²) in [7, 11) is 0. The van der Waals surface area contributed by atoms with Gasteiger partial charge in [-0.15, -0.1) is 11.3 Å². The Morgan fingerprint density at radius 2 is 2.00 bits per heavy atom. The smallest absolute Gasteiger partial charge is 0.187 e. The zero-order chi connectivity index (χ0) is 14.1. The maximum Gasteiger partial charge on any atom is 0.187 e. The van der Waals surface area contributed by atoms with Crippen LogP contribution in [0.15, 0.2) is 54.3 Å². The monoisotopic (exact) mass is 293 g/mol. The van der Waals surface area contributed by atoms with E-state index in [1.807, 2.05) is 41.9 Å². The van der Waals surface area contributed by atoms with E-state index in [4.69, 9.17) is 0 Å². The molecule has 0 saturated carbocycles. The van der Waals surface area contributed by atoms with Crippen LogP contribution in [0.4, 0.5) is 10.8 Å². The molecular weight excluding hydrogens is 282 g/mol. The molecule has 0 amide bonds. The van der Waals surface area contributed by atoms with Crippen LogP contribution < -0.4 is 5.32 Å². The number of nitrogens with one attached hydrogen (secondary N) is 2. The topological polar surface area (TPSA) is 66.5 Å². The second-order valence-corrected chi connectivity index (χ2v) is 5.39. The maximum absolute atomic E-state index is 4.62. The van der Waals surface area contributed by atoms with Crippen molar-refractivity contribution in [3.8, 4) is 11.3 Å². The number of pyridine rings is 1. The van der Waals surface area contributed by atoms with Gasteiger partial charge in [0.25, 0.3) is 0 Å². The average Bonchev–Trinajstić information content (AvgIpc) is 3.17. The number of fused-ring (bicyclic) bond motifs is 1. The van der Waals surface area contributed by atoms with Gasteiger partial charge in [0, 0.05) is 28.7 Å². The zero-order valence-electron chi connectivity index (χ0n) is 10.9. The van der Waals surface area contributed by atoms with Gasteiger partial charge in [-0.3, -0.25) is 10.1 Å². The lowest BCUT2D eigenvalue weighted by Crippen LogP contribution is -1.90. The molecule has 102 valence electrons. The Balaban J connectivity index is 1.66. The number of rotatable bonds is 3. The Morgan fingerprint density at radius 3 is 2.90 bits per heavy atom. The van der Waals surface area contributed by atoms with Gasteiger partial charge in [-0.25, -0.2) is 4.98 Å². The second-order valence-electron chi connectivity index (χ2n) is 4.54. The molecule has 1 aromatic carbocycles. The fourth-order valence-electron chi connectivity index (χ4n) is 2.18. The molecule has 3 heterocycles. The van der Waals surface area contributed by atoms with E-state index in [-0.39, 0.29) is 0 Å². The summed E-state index contributed by atoms with van der Waals surface area (Å²) in [6.45, 7) is 0. The normalized spacial score (nSPS) is 10.9. The highest BCUT2D eigenvalue weighted by Gasteiger charge is 2.07. The van der Waals surface area contributed by atoms with Gasteiger partial charge in [-0.1, -0.05) is 6.07 Å². The quantitative estimate of drug-likeness (QED) is 0.602. The van der Waals surface area contributed by atoms with E-state index in [0.717, 1.165) is 33.0 Å². The predicted molar refractivity (Wildman–Crippen MR) is 84.7 cm³/mol. The first-order valence-corrected chi connectivity index (χ1v) is 7.33. The maximum atomic E-state index is 4.62. The van der Waals surface area contributed by atoms with Crippen LogP contribution in [0.2, 0.25) is 0 Å². The van der Waals surface area contributed by atoms with E-state index in [1.54, 1.807) is 23.7 Å². The Bertz CT molecular complexity index is 881. The summed E-state index contributed by atoms with van der Waals surface area (Å²) in [5, 5.41) is 14.3. The minimum atomic E-state index is 0.857. The molecule has 0 radical (unpaired) electrons. The first kappa shape index (κ1) is 12.0. The highest BCUT2D eigenvalue weighted by Crippen LogP contribution is 2.29. The molecule has 6 heteroatoms. The molecule has 0 spiro atoms. The molecule has 0 aliphatic carbocycles. The summed E-state index contributed by atoms with van der Waals surface area (Å²) in [5.41, 5.74) is 4.02. The average molecular weight is 293 g/mol. The molecule has 0 saturated heterocycles. The van der Waals surface area contributed by atoms with Crippen LogP contribution in [-0.2, 0) is 0 Å². The van der Waals surface area contributed by atoms with Crippen molar-refractivity contribution < 1.29 is 0 Å². The van der Waals surface area contributed by atoms with Crippen molar-refractivity contribution in [3.05, 3.63) is 54.3 Å². The Morgan fingerprint density at radius 1 is 1.10 bits per heavy atom. The van der Waals surface area contributed by atoms with Gasteiger partial charge in [0.05, 0.1) is 23.1 Å². The Labute approximate surface area is 124 Å². The van der Waals surface area contributed by atoms with Crippen LogP contribution in [0.1, 0.15) is 0 Å². The van der Waals surface area contributed by atoms with Crippen molar-refractivity contribution in [3.63, 3.8) is 0 Å². The molecule has 0 fully saturated rings. The van der Waals surface area contributed by atoms with Crippen LogP contribution in [0, 0.1) is 0 Å². The summed E-state index contributed by atoms with van der Waals surface area (Å²) < 4.78 is 0. The summed E-state index contributed by atoms with van der Waals surface area (Å²) in [5.74, 6) is 0. The molecule has 21 heavy (non-hydrogen) atoms. The number of aromatic nitrogens is 4. The zero-order valence-corrected chi connectivity index (χ0v) is 11.8. The van der Waals surface area contributed by atoms with Crippen molar-refractivity contribution in [2.45, 2.75) is 0 Å². The summed E-state index contributed by atoms with van der Waals surface area (Å²) >= 11 is 1.58. The largest absolute Gasteiger partial charge is 0.331 e. The number of anilines is 2. The molecule has 0 atom stereocenters. The van der Waals surface area contributed by atoms with Crippen molar-refractivity contribution in [1.82, 2.24) is 20.2 Å². The molecule has 0 unspecified atom stereocenters. The third-order valence-corrected chi connectivity index (χ3v) is 3.96. The van der Waals surface area contributed by atoms with Crippen molar-refractivity contribution >= 4 is 33.1 Å². The molecule has 3 aromatic heterocycles. The molecule has 4 aromatic rings. The predicted octanol–water partition coefficient (Wildman–Crippen LogP) is 3.83. The molecule has 4 rings (SSSR count). The minimum Gasteiger partial charge on any atom is -0.331 e. The highest BCUT2D eigenvalue weighted by molar-refractivity contribution is 7.14. The minimum absolute atomic E-state index is 0.857. The van der Waals surface area contributed by atoms with Gasteiger partial charge in [-0.2, -0.15) is 5.10 Å². The lowest BCUT2D eigenvalue weighted by Gasteiger charge is -2.03. The summed E-state index contributed by atoms with van der Waals surface area (Å²) in [4.78, 5) is 8.64. The van der Waals surface area contributed by atoms with Gasteiger partial charge in [-0.05, 0) is 24.3 Å². The van der Waals surface area contributed by atoms with Crippen LogP contribution in [-0.4, -0.2) is 20.2 Å². The van der Waals surface area contributed by atoms with E-state index in [9.17, 15) is 0 Å². The number of aromatic amines is 1. The number of hydrogen-bond acceptors (Lipinski definition) is 5. The van der Waals surface area contributed by atoms with Crippen LogP contribution >= 0.6 is 11.3 Å². The Hall–Kier alpha value is -2.73. The van der Waals surface area contributed by atoms with E-state index in [1.165, 1.54) is 0 Å². The van der Waals surface area contributed by atoms with Gasteiger partial charge < -0.3 is 5.32 Å². The SMILES string of the molecule is c1cc(Nc2nc(-c3ccncc3)cs2)c2cn[nH]c2c1. The van der Waals surface area contributed by atoms with E-state index in [2.05, 4.69) is 25.5 Å². The summed E-state index contributed by atoms with van der Waals surface area (Å²) in [6, 6.07) is 9.91. The lowest BCUT2D eigenvalue weighted by atomic mass is 10.2. The third-order valence-electron chi connectivity index (χ3n) is 3.21. The first-order chi connectivity index (χ1) is 10.4. The fraction of sp³-hybridized carbons (Fsp3) is 0. The van der Waals surface area contributed by atoms with Crippen molar-refractivity contribution in [2.75, 3.05) is 5.32 Å². The Kier molecular flexibility index (Phi) is 2.86. The van der Waals surface area contributed by atoms with Crippen LogP contribution in [0.3, 0.4) is 0 Å². The molecule has 0 bridgehead atoms. The molecular formula is C15H11N5S. The summed E-state index contributed by atoms with van der Waals surface area (Å²) in [6.07, 6.45) is 5.36. The van der Waals surface area contributed by atoms with Gasteiger partial charge in [0.15, 0.2) is 5.13 Å². The molecule has 2 N–H and O–H groups in total. The lowest BCUT2D eigenvalue weighted by molar-refractivity contribution is 1.12.